The molecular formula is C20H15BrN2O4S. The van der Waals surface area contributed by atoms with Crippen LogP contribution in [0.3, 0.4) is 0 Å². The number of benzene rings is 2. The summed E-state index contributed by atoms with van der Waals surface area (Å²) in [5, 5.41) is 0.674. The monoisotopic (exact) mass is 458 g/mol. The fraction of sp³-hybridized carbons (Fsp3) is 0.150. The summed E-state index contributed by atoms with van der Waals surface area (Å²) in [6.45, 7) is 1.01. The largest absolute Gasteiger partial charge is 0.422 e. The predicted octanol–water partition coefficient (Wildman–Crippen LogP) is 3.96. The Morgan fingerprint density at radius 1 is 1.25 bits per heavy atom. The van der Waals surface area contributed by atoms with E-state index in [1.165, 1.54) is 17.4 Å². The van der Waals surface area contributed by atoms with Gasteiger partial charge in [-0.15, -0.1) is 0 Å². The molecule has 0 bridgehead atoms. The van der Waals surface area contributed by atoms with Gasteiger partial charge in [-0.05, 0) is 30.3 Å². The molecule has 0 aliphatic carbocycles. The van der Waals surface area contributed by atoms with E-state index in [0.29, 0.717) is 28.9 Å². The third kappa shape index (κ3) is 3.58. The Morgan fingerprint density at radius 2 is 2.07 bits per heavy atom. The Bertz CT molecular complexity index is 1320. The summed E-state index contributed by atoms with van der Waals surface area (Å²) in [4.78, 5) is 29.8. The molecule has 0 saturated heterocycles. The van der Waals surface area contributed by atoms with E-state index in [4.69, 9.17) is 9.15 Å². The van der Waals surface area contributed by atoms with Gasteiger partial charge >= 0.3 is 5.63 Å². The molecule has 4 rings (SSSR count). The van der Waals surface area contributed by atoms with E-state index in [9.17, 15) is 9.59 Å². The zero-order valence-corrected chi connectivity index (χ0v) is 17.2. The molecule has 0 fully saturated rings. The van der Waals surface area contributed by atoms with Crippen molar-refractivity contribution in [2.45, 2.75) is 6.54 Å². The summed E-state index contributed by atoms with van der Waals surface area (Å²) in [6.07, 6.45) is 0. The molecule has 142 valence electrons. The van der Waals surface area contributed by atoms with Gasteiger partial charge < -0.3 is 13.7 Å². The number of methoxy groups -OCH3 is 1. The van der Waals surface area contributed by atoms with Gasteiger partial charge in [-0.1, -0.05) is 45.5 Å². The minimum atomic E-state index is -0.695. The Morgan fingerprint density at radius 3 is 2.89 bits per heavy atom. The first kappa shape index (κ1) is 18.8. The van der Waals surface area contributed by atoms with E-state index in [1.54, 1.807) is 25.3 Å². The molecule has 0 atom stereocenters. The van der Waals surface area contributed by atoms with Gasteiger partial charge in [-0.3, -0.25) is 4.79 Å². The molecule has 0 aliphatic rings. The zero-order valence-electron chi connectivity index (χ0n) is 14.8. The standard InChI is InChI=1S/C20H15BrN2O4S/c1-26-9-8-23-15-7-6-13(21)11-17(15)28-20(23)22-18(24)14-10-12-4-2-3-5-16(12)27-19(14)25/h2-7,10-11H,8-9H2,1H3. The lowest BCUT2D eigenvalue weighted by Crippen LogP contribution is -2.21. The number of rotatable bonds is 4. The number of amides is 1. The Kier molecular flexibility index (Phi) is 5.25. The van der Waals surface area contributed by atoms with Crippen LogP contribution in [0.5, 0.6) is 0 Å². The molecule has 0 aliphatic heterocycles. The molecule has 28 heavy (non-hydrogen) atoms. The molecule has 0 spiro atoms. The van der Waals surface area contributed by atoms with Crippen LogP contribution in [0.4, 0.5) is 0 Å². The third-order valence-corrected chi connectivity index (χ3v) is 5.77. The second-order valence-electron chi connectivity index (χ2n) is 6.04. The number of nitrogens with zero attached hydrogens (tertiary/aromatic N) is 2. The fourth-order valence-corrected chi connectivity index (χ4v) is 4.50. The van der Waals surface area contributed by atoms with Crippen molar-refractivity contribution in [3.63, 3.8) is 0 Å². The van der Waals surface area contributed by atoms with Crippen molar-refractivity contribution >= 4 is 54.4 Å². The van der Waals surface area contributed by atoms with Crippen molar-refractivity contribution in [1.82, 2.24) is 4.57 Å². The van der Waals surface area contributed by atoms with Gasteiger partial charge in [0.15, 0.2) is 4.80 Å². The smallest absolute Gasteiger partial charge is 0.349 e. The average molecular weight is 459 g/mol. The molecule has 4 aromatic rings. The van der Waals surface area contributed by atoms with E-state index in [0.717, 1.165) is 14.7 Å². The van der Waals surface area contributed by atoms with Crippen molar-refractivity contribution in [2.75, 3.05) is 13.7 Å². The van der Waals surface area contributed by atoms with Gasteiger partial charge in [0.1, 0.15) is 11.1 Å². The number of para-hydroxylation sites is 1. The van der Waals surface area contributed by atoms with E-state index < -0.39 is 11.5 Å². The number of hydrogen-bond acceptors (Lipinski definition) is 5. The van der Waals surface area contributed by atoms with Crippen LogP contribution in [0.2, 0.25) is 0 Å². The first-order chi connectivity index (χ1) is 13.6. The minimum Gasteiger partial charge on any atom is -0.422 e. The fourth-order valence-electron chi connectivity index (χ4n) is 2.89. The summed E-state index contributed by atoms with van der Waals surface area (Å²) >= 11 is 4.84. The number of halogens is 1. The highest BCUT2D eigenvalue weighted by molar-refractivity contribution is 9.10. The maximum absolute atomic E-state index is 12.8. The van der Waals surface area contributed by atoms with Gasteiger partial charge in [-0.2, -0.15) is 4.99 Å². The van der Waals surface area contributed by atoms with Crippen LogP contribution in [0, 0.1) is 0 Å². The van der Waals surface area contributed by atoms with Gasteiger partial charge in [-0.25, -0.2) is 4.79 Å². The topological polar surface area (TPSA) is 73.8 Å². The highest BCUT2D eigenvalue weighted by Gasteiger charge is 2.15. The molecule has 6 nitrogen and oxygen atoms in total. The summed E-state index contributed by atoms with van der Waals surface area (Å²) in [7, 11) is 1.62. The van der Waals surface area contributed by atoms with Gasteiger partial charge in [0.2, 0.25) is 0 Å². The van der Waals surface area contributed by atoms with Crippen molar-refractivity contribution in [1.29, 1.82) is 0 Å². The Labute approximate surface area is 171 Å². The number of thiazole rings is 1. The van der Waals surface area contributed by atoms with E-state index in [1.807, 2.05) is 28.8 Å². The quantitative estimate of drug-likeness (QED) is 0.433. The van der Waals surface area contributed by atoms with E-state index in [2.05, 4.69) is 20.9 Å². The normalized spacial score (nSPS) is 12.1. The molecule has 1 amide bonds. The van der Waals surface area contributed by atoms with Crippen molar-refractivity contribution < 1.29 is 13.9 Å². The molecule has 2 heterocycles. The van der Waals surface area contributed by atoms with Crippen LogP contribution < -0.4 is 10.4 Å². The van der Waals surface area contributed by atoms with Gasteiger partial charge in [0.05, 0.1) is 16.8 Å². The maximum Gasteiger partial charge on any atom is 0.349 e. The van der Waals surface area contributed by atoms with Crippen LogP contribution >= 0.6 is 27.3 Å². The molecule has 0 saturated carbocycles. The molecule has 2 aromatic carbocycles. The number of carbonyl (C=O) groups is 1. The van der Waals surface area contributed by atoms with Gasteiger partial charge in [0.25, 0.3) is 5.91 Å². The number of aromatic nitrogens is 1. The minimum absolute atomic E-state index is 0.0874. The van der Waals surface area contributed by atoms with Crippen LogP contribution in [-0.4, -0.2) is 24.2 Å². The summed E-state index contributed by atoms with van der Waals surface area (Å²) in [5.41, 5.74) is 0.601. The third-order valence-electron chi connectivity index (χ3n) is 4.23. The average Bonchev–Trinajstić information content (AvgIpc) is 3.01. The lowest BCUT2D eigenvalue weighted by molar-refractivity contribution is 0.0994. The first-order valence-electron chi connectivity index (χ1n) is 8.46. The van der Waals surface area contributed by atoms with Crippen molar-refractivity contribution in [2.24, 2.45) is 4.99 Å². The molecule has 0 N–H and O–H groups in total. The maximum atomic E-state index is 12.8. The summed E-state index contributed by atoms with van der Waals surface area (Å²) in [6, 6.07) is 14.4. The number of hydrogen-bond donors (Lipinski definition) is 0. The van der Waals surface area contributed by atoms with Crippen LogP contribution in [0.15, 0.2) is 67.2 Å². The molecule has 0 unspecified atom stereocenters. The Hall–Kier alpha value is -2.55. The molecular weight excluding hydrogens is 444 g/mol. The van der Waals surface area contributed by atoms with Crippen LogP contribution in [0.25, 0.3) is 21.2 Å². The number of carbonyl (C=O) groups excluding carboxylic acids is 1. The van der Waals surface area contributed by atoms with Crippen LogP contribution in [0.1, 0.15) is 10.4 Å². The second-order valence-corrected chi connectivity index (χ2v) is 7.97. The molecule has 8 heteroatoms. The zero-order chi connectivity index (χ0) is 19.7. The molecule has 2 aromatic heterocycles. The van der Waals surface area contributed by atoms with Crippen molar-refractivity contribution in [3.05, 3.63) is 73.8 Å². The highest BCUT2D eigenvalue weighted by Crippen LogP contribution is 2.22. The van der Waals surface area contributed by atoms with Gasteiger partial charge in [0, 0.05) is 23.5 Å². The lowest BCUT2D eigenvalue weighted by Gasteiger charge is -2.04. The lowest BCUT2D eigenvalue weighted by atomic mass is 10.2. The SMILES string of the molecule is COCCn1c(=NC(=O)c2cc3ccccc3oc2=O)sc2cc(Br)ccc21. The second kappa shape index (κ2) is 7.83. The van der Waals surface area contributed by atoms with Crippen LogP contribution in [-0.2, 0) is 11.3 Å². The first-order valence-corrected chi connectivity index (χ1v) is 10.1. The molecule has 0 radical (unpaired) electrons. The van der Waals surface area contributed by atoms with E-state index in [-0.39, 0.29) is 5.56 Å². The van der Waals surface area contributed by atoms with E-state index >= 15 is 0 Å². The Balaban J connectivity index is 1.86. The summed E-state index contributed by atoms with van der Waals surface area (Å²) in [5.74, 6) is -0.628. The predicted molar refractivity (Wildman–Crippen MR) is 112 cm³/mol. The van der Waals surface area contributed by atoms with Crippen molar-refractivity contribution in [3.8, 4) is 0 Å². The summed E-state index contributed by atoms with van der Waals surface area (Å²) < 4.78 is 14.3. The highest BCUT2D eigenvalue weighted by atomic mass is 79.9. The number of ether oxygens (including phenoxy) is 1. The number of fused-ring (bicyclic) bond motifs is 2.